The van der Waals surface area contributed by atoms with Crippen molar-refractivity contribution < 1.29 is 18.4 Å². The largest absolute Gasteiger partial charge is 0.396 e. The molecule has 1 aromatic carbocycles. The highest BCUT2D eigenvalue weighted by molar-refractivity contribution is 7.90. The van der Waals surface area contributed by atoms with Crippen molar-refractivity contribution in [3.8, 4) is 0 Å². The normalized spacial score (nSPS) is 19.0. The van der Waals surface area contributed by atoms with E-state index in [-0.39, 0.29) is 17.2 Å². The highest BCUT2D eigenvalue weighted by Crippen LogP contribution is 2.34. The maximum Gasteiger partial charge on any atom is 0.293 e. The van der Waals surface area contributed by atoms with Crippen LogP contribution < -0.4 is 4.90 Å². The van der Waals surface area contributed by atoms with Crippen LogP contribution >= 0.6 is 0 Å². The summed E-state index contributed by atoms with van der Waals surface area (Å²) in [5, 5.41) is 20.2. The van der Waals surface area contributed by atoms with Gasteiger partial charge in [0.1, 0.15) is 5.69 Å². The van der Waals surface area contributed by atoms with Crippen molar-refractivity contribution in [1.29, 1.82) is 0 Å². The maximum atomic E-state index is 11.5. The van der Waals surface area contributed by atoms with Crippen molar-refractivity contribution in [2.45, 2.75) is 17.7 Å². The Labute approximate surface area is 123 Å². The van der Waals surface area contributed by atoms with Crippen molar-refractivity contribution >= 4 is 21.2 Å². The number of hydrogen-bond donors (Lipinski definition) is 1. The van der Waals surface area contributed by atoms with Gasteiger partial charge >= 0.3 is 0 Å². The van der Waals surface area contributed by atoms with Crippen LogP contribution in [0.5, 0.6) is 0 Å². The molecule has 21 heavy (non-hydrogen) atoms. The lowest BCUT2D eigenvalue weighted by Crippen LogP contribution is -2.21. The Hall–Kier alpha value is -1.67. The van der Waals surface area contributed by atoms with Gasteiger partial charge in [-0.3, -0.25) is 10.1 Å². The summed E-state index contributed by atoms with van der Waals surface area (Å²) in [6.45, 7) is 1.41. The minimum absolute atomic E-state index is 0.0518. The number of sulfone groups is 1. The highest BCUT2D eigenvalue weighted by atomic mass is 32.2. The Morgan fingerprint density at radius 2 is 2.19 bits per heavy atom. The van der Waals surface area contributed by atoms with Gasteiger partial charge in [0.15, 0.2) is 9.84 Å². The van der Waals surface area contributed by atoms with E-state index in [0.717, 1.165) is 18.7 Å². The molecule has 1 aromatic rings. The number of aliphatic hydroxyl groups excluding tert-OH is 1. The minimum atomic E-state index is -3.47. The van der Waals surface area contributed by atoms with Gasteiger partial charge in [-0.25, -0.2) is 8.42 Å². The average Bonchev–Trinajstić information content (AvgIpc) is 2.86. The molecule has 1 fully saturated rings. The molecule has 8 heteroatoms. The number of anilines is 1. The summed E-state index contributed by atoms with van der Waals surface area (Å²) in [5.41, 5.74) is 0.246. The molecule has 0 amide bonds. The fraction of sp³-hybridized carbons (Fsp3) is 0.538. The second kappa shape index (κ2) is 5.98. The molecule has 1 aliphatic rings. The van der Waals surface area contributed by atoms with Crippen LogP contribution in [0.1, 0.15) is 12.8 Å². The quantitative estimate of drug-likeness (QED) is 0.647. The Morgan fingerprint density at radius 1 is 1.48 bits per heavy atom. The number of nitro benzene ring substituents is 1. The fourth-order valence-electron chi connectivity index (χ4n) is 2.62. The first-order valence-electron chi connectivity index (χ1n) is 6.67. The highest BCUT2D eigenvalue weighted by Gasteiger charge is 2.28. The molecule has 0 spiro atoms. The maximum absolute atomic E-state index is 11.5. The molecule has 0 saturated carbocycles. The van der Waals surface area contributed by atoms with Gasteiger partial charge in [0.25, 0.3) is 5.69 Å². The van der Waals surface area contributed by atoms with E-state index in [1.807, 2.05) is 4.90 Å². The van der Waals surface area contributed by atoms with Crippen molar-refractivity contribution in [3.05, 3.63) is 28.3 Å². The van der Waals surface area contributed by atoms with E-state index in [1.54, 1.807) is 0 Å². The molecule has 0 aliphatic carbocycles. The predicted molar refractivity (Wildman–Crippen MR) is 78.2 cm³/mol. The van der Waals surface area contributed by atoms with Gasteiger partial charge in [0, 0.05) is 32.0 Å². The fourth-order valence-corrected chi connectivity index (χ4v) is 3.26. The summed E-state index contributed by atoms with van der Waals surface area (Å²) in [4.78, 5) is 12.5. The van der Waals surface area contributed by atoms with Crippen molar-refractivity contribution in [2.75, 3.05) is 30.9 Å². The number of aliphatic hydroxyl groups is 1. The van der Waals surface area contributed by atoms with Crippen LogP contribution in [0.4, 0.5) is 11.4 Å². The van der Waals surface area contributed by atoms with Crippen LogP contribution in [-0.4, -0.2) is 44.4 Å². The standard InChI is InChI=1S/C13H18N2O5S/c1-21(19,20)11-2-3-12(13(8-11)15(17)18)14-6-4-10(9-14)5-7-16/h2-3,8,10,16H,4-7,9H2,1H3. The summed E-state index contributed by atoms with van der Waals surface area (Å²) in [6.07, 6.45) is 2.57. The minimum Gasteiger partial charge on any atom is -0.396 e. The van der Waals surface area contributed by atoms with E-state index in [1.165, 1.54) is 12.1 Å². The molecule has 1 N–H and O–H groups in total. The molecular formula is C13H18N2O5S. The third-order valence-corrected chi connectivity index (χ3v) is 4.85. The van der Waals surface area contributed by atoms with Gasteiger partial charge < -0.3 is 10.0 Å². The van der Waals surface area contributed by atoms with Crippen LogP contribution in [0.15, 0.2) is 23.1 Å². The molecule has 1 atom stereocenters. The lowest BCUT2D eigenvalue weighted by molar-refractivity contribution is -0.384. The molecule has 1 heterocycles. The third-order valence-electron chi connectivity index (χ3n) is 3.74. The summed E-state index contributed by atoms with van der Waals surface area (Å²) in [7, 11) is -3.47. The molecular weight excluding hydrogens is 296 g/mol. The predicted octanol–water partition coefficient (Wildman–Crippen LogP) is 1.21. The first kappa shape index (κ1) is 15.7. The van der Waals surface area contributed by atoms with Gasteiger partial charge in [-0.1, -0.05) is 0 Å². The molecule has 1 unspecified atom stereocenters. The number of nitrogens with zero attached hydrogens (tertiary/aromatic N) is 2. The Morgan fingerprint density at radius 3 is 2.76 bits per heavy atom. The smallest absolute Gasteiger partial charge is 0.293 e. The Kier molecular flexibility index (Phi) is 4.48. The zero-order valence-electron chi connectivity index (χ0n) is 11.7. The number of rotatable bonds is 5. The summed E-state index contributed by atoms with van der Waals surface area (Å²) < 4.78 is 23.0. The lowest BCUT2D eigenvalue weighted by Gasteiger charge is -2.18. The zero-order valence-corrected chi connectivity index (χ0v) is 12.5. The van der Waals surface area contributed by atoms with E-state index < -0.39 is 14.8 Å². The van der Waals surface area contributed by atoms with Crippen LogP contribution in [0.25, 0.3) is 0 Å². The number of hydrogen-bond acceptors (Lipinski definition) is 6. The number of nitro groups is 1. The van der Waals surface area contributed by atoms with E-state index in [4.69, 9.17) is 5.11 Å². The molecule has 0 bridgehead atoms. The number of benzene rings is 1. The van der Waals surface area contributed by atoms with Crippen LogP contribution in [-0.2, 0) is 9.84 Å². The van der Waals surface area contributed by atoms with E-state index in [9.17, 15) is 18.5 Å². The molecule has 1 saturated heterocycles. The van der Waals surface area contributed by atoms with Gasteiger partial charge in [-0.15, -0.1) is 0 Å². The lowest BCUT2D eigenvalue weighted by atomic mass is 10.1. The first-order chi connectivity index (χ1) is 9.82. The van der Waals surface area contributed by atoms with E-state index >= 15 is 0 Å². The summed E-state index contributed by atoms with van der Waals surface area (Å²) in [6, 6.07) is 4.01. The van der Waals surface area contributed by atoms with E-state index in [2.05, 4.69) is 0 Å². The van der Waals surface area contributed by atoms with Gasteiger partial charge in [0.05, 0.1) is 9.82 Å². The van der Waals surface area contributed by atoms with Crippen LogP contribution in [0.2, 0.25) is 0 Å². The van der Waals surface area contributed by atoms with Crippen LogP contribution in [0, 0.1) is 16.0 Å². The monoisotopic (exact) mass is 314 g/mol. The molecule has 2 rings (SSSR count). The molecule has 0 radical (unpaired) electrons. The zero-order chi connectivity index (χ0) is 15.6. The Bertz CT molecular complexity index is 644. The molecule has 116 valence electrons. The topological polar surface area (TPSA) is 101 Å². The van der Waals surface area contributed by atoms with Crippen molar-refractivity contribution in [1.82, 2.24) is 0 Å². The van der Waals surface area contributed by atoms with Crippen molar-refractivity contribution in [3.63, 3.8) is 0 Å². The van der Waals surface area contributed by atoms with E-state index in [0.29, 0.717) is 31.1 Å². The average molecular weight is 314 g/mol. The van der Waals surface area contributed by atoms with Gasteiger partial charge in [-0.05, 0) is 30.9 Å². The molecule has 1 aliphatic heterocycles. The van der Waals surface area contributed by atoms with Gasteiger partial charge in [-0.2, -0.15) is 0 Å². The first-order valence-corrected chi connectivity index (χ1v) is 8.56. The second-order valence-electron chi connectivity index (χ2n) is 5.29. The van der Waals surface area contributed by atoms with Gasteiger partial charge in [0.2, 0.25) is 0 Å². The Balaban J connectivity index is 2.34. The summed E-state index contributed by atoms with van der Waals surface area (Å²) in [5.74, 6) is 0.309. The molecule has 7 nitrogen and oxygen atoms in total. The van der Waals surface area contributed by atoms with Crippen molar-refractivity contribution in [2.24, 2.45) is 5.92 Å². The third kappa shape index (κ3) is 3.51. The molecule has 0 aromatic heterocycles. The second-order valence-corrected chi connectivity index (χ2v) is 7.31. The summed E-state index contributed by atoms with van der Waals surface area (Å²) >= 11 is 0. The van der Waals surface area contributed by atoms with Crippen LogP contribution in [0.3, 0.4) is 0 Å². The SMILES string of the molecule is CS(=O)(=O)c1ccc(N2CCC(CCO)C2)c([N+](=O)[O-])c1.